The van der Waals surface area contributed by atoms with Crippen molar-refractivity contribution in [2.24, 2.45) is 11.7 Å². The maximum atomic E-state index is 13.6. The van der Waals surface area contributed by atoms with Gasteiger partial charge in [-0.15, -0.1) is 0 Å². The lowest BCUT2D eigenvalue weighted by atomic mass is 9.82. The highest BCUT2D eigenvalue weighted by atomic mass is 19.1. The first kappa shape index (κ1) is 21.3. The summed E-state index contributed by atoms with van der Waals surface area (Å²) in [6.07, 6.45) is 6.72. The Labute approximate surface area is 155 Å². The molecule has 1 aromatic rings. The third kappa shape index (κ3) is 7.31. The second-order valence-electron chi connectivity index (χ2n) is 7.45. The summed E-state index contributed by atoms with van der Waals surface area (Å²) in [6.45, 7) is 2.95. The van der Waals surface area contributed by atoms with Crippen molar-refractivity contribution < 1.29 is 18.8 Å². The minimum Gasteiger partial charge on any atom is -0.427 e. The van der Waals surface area contributed by atoms with Gasteiger partial charge in [-0.3, -0.25) is 0 Å². The summed E-state index contributed by atoms with van der Waals surface area (Å²) >= 11 is 0. The average molecular weight is 368 g/mol. The molecule has 0 radical (unpaired) electrons. The van der Waals surface area contributed by atoms with Crippen molar-refractivity contribution in [3.8, 4) is 0 Å². The third-order valence-electron chi connectivity index (χ3n) is 5.42. The van der Waals surface area contributed by atoms with Crippen molar-refractivity contribution in [2.75, 3.05) is 19.6 Å². The first-order valence-corrected chi connectivity index (χ1v) is 9.73. The maximum absolute atomic E-state index is 13.6. The van der Waals surface area contributed by atoms with E-state index >= 15 is 0 Å². The van der Waals surface area contributed by atoms with Crippen molar-refractivity contribution >= 4 is 7.12 Å². The van der Waals surface area contributed by atoms with E-state index in [0.717, 1.165) is 64.2 Å². The molecule has 0 saturated carbocycles. The molecule has 26 heavy (non-hydrogen) atoms. The average Bonchev–Trinajstić information content (AvgIpc) is 2.61. The Morgan fingerprint density at radius 3 is 2.54 bits per heavy atom. The summed E-state index contributed by atoms with van der Waals surface area (Å²) in [4.78, 5) is 2.40. The molecular weight excluding hydrogens is 337 g/mol. The van der Waals surface area contributed by atoms with Gasteiger partial charge in [-0.25, -0.2) is 8.78 Å². The van der Waals surface area contributed by atoms with E-state index in [2.05, 4.69) is 4.90 Å². The lowest BCUT2D eigenvalue weighted by Gasteiger charge is -2.34. The van der Waals surface area contributed by atoms with Gasteiger partial charge in [0.2, 0.25) is 0 Å². The molecule has 146 valence electrons. The second-order valence-corrected chi connectivity index (χ2v) is 7.45. The molecule has 4 nitrogen and oxygen atoms in total. The molecule has 1 fully saturated rings. The molecule has 1 heterocycles. The Bertz CT molecular complexity index is 540. The lowest BCUT2D eigenvalue weighted by Crippen LogP contribution is -2.41. The number of likely N-dealkylation sites (tertiary alicyclic amines) is 1. The molecule has 4 N–H and O–H groups in total. The highest BCUT2D eigenvalue weighted by Crippen LogP contribution is 2.23. The van der Waals surface area contributed by atoms with Crippen LogP contribution in [0.15, 0.2) is 18.2 Å². The number of rotatable bonds is 10. The van der Waals surface area contributed by atoms with Crippen LogP contribution in [0, 0.1) is 17.6 Å². The minimum atomic E-state index is -1.21. The number of piperidine rings is 1. The van der Waals surface area contributed by atoms with E-state index in [9.17, 15) is 8.78 Å². The quantitative estimate of drug-likeness (QED) is 0.439. The molecular formula is C19H31BF2N2O2. The SMILES string of the molecule is NC(CCCCB(O)O)C1CCN(CCCc2ccc(F)cc2F)CC1. The van der Waals surface area contributed by atoms with Crippen LogP contribution < -0.4 is 5.73 Å². The van der Waals surface area contributed by atoms with Crippen molar-refractivity contribution in [1.29, 1.82) is 0 Å². The van der Waals surface area contributed by atoms with E-state index in [0.29, 0.717) is 24.2 Å². The molecule has 1 aromatic carbocycles. The number of nitrogens with zero attached hydrogens (tertiary/aromatic N) is 1. The normalized spacial score (nSPS) is 17.4. The topological polar surface area (TPSA) is 69.7 Å². The summed E-state index contributed by atoms with van der Waals surface area (Å²) in [6, 6.07) is 3.98. The van der Waals surface area contributed by atoms with Crippen LogP contribution in [0.5, 0.6) is 0 Å². The highest BCUT2D eigenvalue weighted by Gasteiger charge is 2.23. The van der Waals surface area contributed by atoms with Gasteiger partial charge >= 0.3 is 7.12 Å². The first-order chi connectivity index (χ1) is 12.5. The summed E-state index contributed by atoms with van der Waals surface area (Å²) in [5.41, 5.74) is 6.88. The second kappa shape index (κ2) is 11.0. The van der Waals surface area contributed by atoms with Crippen molar-refractivity contribution in [3.05, 3.63) is 35.4 Å². The zero-order chi connectivity index (χ0) is 18.9. The zero-order valence-corrected chi connectivity index (χ0v) is 15.4. The largest absolute Gasteiger partial charge is 0.451 e. The van der Waals surface area contributed by atoms with Gasteiger partial charge in [0.25, 0.3) is 0 Å². The fourth-order valence-corrected chi connectivity index (χ4v) is 3.76. The molecule has 0 aliphatic carbocycles. The van der Waals surface area contributed by atoms with E-state index < -0.39 is 18.8 Å². The number of hydrogen-bond acceptors (Lipinski definition) is 4. The van der Waals surface area contributed by atoms with Gasteiger partial charge in [-0.05, 0) is 75.6 Å². The van der Waals surface area contributed by atoms with Gasteiger partial charge in [0, 0.05) is 12.1 Å². The molecule has 2 rings (SSSR count). The van der Waals surface area contributed by atoms with Crippen LogP contribution in [0.4, 0.5) is 8.78 Å². The van der Waals surface area contributed by atoms with Gasteiger partial charge in [0.1, 0.15) is 11.6 Å². The van der Waals surface area contributed by atoms with Crippen LogP contribution >= 0.6 is 0 Å². The first-order valence-electron chi connectivity index (χ1n) is 9.73. The molecule has 0 aromatic heterocycles. The van der Waals surface area contributed by atoms with Crippen LogP contribution in [0.2, 0.25) is 6.32 Å². The Morgan fingerprint density at radius 2 is 1.88 bits per heavy atom. The number of unbranched alkanes of at least 4 members (excludes halogenated alkanes) is 1. The number of aryl methyl sites for hydroxylation is 1. The van der Waals surface area contributed by atoms with Crippen LogP contribution in [-0.4, -0.2) is 47.7 Å². The fourth-order valence-electron chi connectivity index (χ4n) is 3.76. The Morgan fingerprint density at radius 1 is 1.15 bits per heavy atom. The number of benzene rings is 1. The van der Waals surface area contributed by atoms with Gasteiger partial charge in [0.05, 0.1) is 0 Å². The summed E-state index contributed by atoms with van der Waals surface area (Å²) in [7, 11) is -1.21. The Kier molecular flexibility index (Phi) is 8.98. The van der Waals surface area contributed by atoms with E-state index in [1.807, 2.05) is 0 Å². The van der Waals surface area contributed by atoms with Crippen LogP contribution in [-0.2, 0) is 6.42 Å². The van der Waals surface area contributed by atoms with Crippen molar-refractivity contribution in [3.63, 3.8) is 0 Å². The molecule has 1 unspecified atom stereocenters. The van der Waals surface area contributed by atoms with Gasteiger partial charge in [-0.2, -0.15) is 0 Å². The lowest BCUT2D eigenvalue weighted by molar-refractivity contribution is 0.164. The van der Waals surface area contributed by atoms with Crippen LogP contribution in [0.1, 0.15) is 44.1 Å². The summed E-state index contributed by atoms with van der Waals surface area (Å²) in [5.74, 6) is -0.458. The molecule has 0 amide bonds. The van der Waals surface area contributed by atoms with Crippen molar-refractivity contribution in [1.82, 2.24) is 4.90 Å². The predicted molar refractivity (Wildman–Crippen MR) is 101 cm³/mol. The number of halogens is 2. The molecule has 7 heteroatoms. The van der Waals surface area contributed by atoms with Crippen molar-refractivity contribution in [2.45, 2.75) is 57.3 Å². The Hall–Kier alpha value is -1.02. The monoisotopic (exact) mass is 368 g/mol. The zero-order valence-electron chi connectivity index (χ0n) is 15.4. The van der Waals surface area contributed by atoms with E-state index in [4.69, 9.17) is 15.8 Å². The van der Waals surface area contributed by atoms with E-state index in [1.165, 1.54) is 12.1 Å². The van der Waals surface area contributed by atoms with Gasteiger partial charge < -0.3 is 20.7 Å². The summed E-state index contributed by atoms with van der Waals surface area (Å²) in [5, 5.41) is 17.7. The number of hydrogen-bond donors (Lipinski definition) is 3. The van der Waals surface area contributed by atoms with Crippen LogP contribution in [0.3, 0.4) is 0 Å². The molecule has 0 spiro atoms. The van der Waals surface area contributed by atoms with E-state index in [-0.39, 0.29) is 6.04 Å². The van der Waals surface area contributed by atoms with Crippen LogP contribution in [0.25, 0.3) is 0 Å². The van der Waals surface area contributed by atoms with Gasteiger partial charge in [0.15, 0.2) is 0 Å². The predicted octanol–water partition coefficient (Wildman–Crippen LogP) is 2.58. The molecule has 1 saturated heterocycles. The molecule has 0 bridgehead atoms. The maximum Gasteiger partial charge on any atom is 0.451 e. The number of nitrogens with two attached hydrogens (primary N) is 1. The molecule has 1 aliphatic heterocycles. The van der Waals surface area contributed by atoms with Gasteiger partial charge in [-0.1, -0.05) is 18.9 Å². The summed E-state index contributed by atoms with van der Waals surface area (Å²) < 4.78 is 26.5. The third-order valence-corrected chi connectivity index (χ3v) is 5.42. The molecule has 1 atom stereocenters. The minimum absolute atomic E-state index is 0.182. The standard InChI is InChI=1S/C19H31BF2N2O2/c21-17-7-6-15(18(22)14-17)4-3-11-24-12-8-16(9-13-24)19(23)5-1-2-10-20(25)26/h6-7,14,16,19,25-26H,1-5,8-13,23H2. The highest BCUT2D eigenvalue weighted by molar-refractivity contribution is 6.40. The van der Waals surface area contributed by atoms with E-state index in [1.54, 1.807) is 0 Å². The smallest absolute Gasteiger partial charge is 0.427 e. The molecule has 1 aliphatic rings. The fraction of sp³-hybridized carbons (Fsp3) is 0.684. The Balaban J connectivity index is 1.60.